The lowest BCUT2D eigenvalue weighted by Crippen LogP contribution is -2.26. The molecule has 0 aliphatic carbocycles. The van der Waals surface area contributed by atoms with Gasteiger partial charge < -0.3 is 9.88 Å². The zero-order chi connectivity index (χ0) is 13.0. The van der Waals surface area contributed by atoms with Crippen molar-refractivity contribution in [2.45, 2.75) is 6.54 Å². The summed E-state index contributed by atoms with van der Waals surface area (Å²) in [5, 5.41) is 2.76. The van der Waals surface area contributed by atoms with Crippen molar-refractivity contribution >= 4 is 12.2 Å². The number of imidazole rings is 1. The lowest BCUT2D eigenvalue weighted by molar-refractivity contribution is 0.0937. The normalized spacial score (nSPS) is 10.1. The van der Waals surface area contributed by atoms with Gasteiger partial charge in [-0.3, -0.25) is 9.59 Å². The molecule has 0 saturated heterocycles. The van der Waals surface area contributed by atoms with Crippen molar-refractivity contribution in [2.24, 2.45) is 7.05 Å². The van der Waals surface area contributed by atoms with Crippen LogP contribution in [-0.4, -0.2) is 21.7 Å². The SMILES string of the molecule is Cn1c(C=O)cnc1C(=O)NCc1ccccc1. The summed E-state index contributed by atoms with van der Waals surface area (Å²) in [7, 11) is 1.63. The molecule has 0 bridgehead atoms. The number of hydrogen-bond donors (Lipinski definition) is 1. The van der Waals surface area contributed by atoms with Crippen molar-refractivity contribution in [1.82, 2.24) is 14.9 Å². The number of carbonyl (C=O) groups excluding carboxylic acids is 2. The standard InChI is InChI=1S/C13H13N3O2/c1-16-11(9-17)8-14-12(16)13(18)15-7-10-5-3-2-4-6-10/h2-6,8-9H,7H2,1H3,(H,15,18). The van der Waals surface area contributed by atoms with Crippen LogP contribution in [0.15, 0.2) is 36.5 Å². The van der Waals surface area contributed by atoms with Crippen LogP contribution in [0, 0.1) is 0 Å². The molecule has 1 heterocycles. The number of carbonyl (C=O) groups is 2. The number of amides is 1. The molecule has 18 heavy (non-hydrogen) atoms. The molecule has 0 radical (unpaired) electrons. The molecule has 2 rings (SSSR count). The molecule has 0 unspecified atom stereocenters. The summed E-state index contributed by atoms with van der Waals surface area (Å²) < 4.78 is 1.47. The summed E-state index contributed by atoms with van der Waals surface area (Å²) in [6.45, 7) is 0.433. The monoisotopic (exact) mass is 243 g/mol. The molecular formula is C13H13N3O2. The van der Waals surface area contributed by atoms with E-state index in [1.54, 1.807) is 7.05 Å². The Morgan fingerprint density at radius 1 is 1.39 bits per heavy atom. The van der Waals surface area contributed by atoms with Gasteiger partial charge in [0.25, 0.3) is 5.91 Å². The molecule has 5 heteroatoms. The summed E-state index contributed by atoms with van der Waals surface area (Å²) in [5.74, 6) is -0.0671. The van der Waals surface area contributed by atoms with Crippen molar-refractivity contribution in [2.75, 3.05) is 0 Å². The topological polar surface area (TPSA) is 64.0 Å². The smallest absolute Gasteiger partial charge is 0.287 e. The third-order valence-corrected chi connectivity index (χ3v) is 2.64. The van der Waals surface area contributed by atoms with E-state index in [1.165, 1.54) is 10.8 Å². The fourth-order valence-electron chi connectivity index (χ4n) is 1.60. The molecule has 0 saturated carbocycles. The van der Waals surface area contributed by atoms with Gasteiger partial charge in [-0.05, 0) is 5.56 Å². The Balaban J connectivity index is 2.04. The first-order chi connectivity index (χ1) is 8.72. The number of aromatic nitrogens is 2. The van der Waals surface area contributed by atoms with Crippen LogP contribution < -0.4 is 5.32 Å². The van der Waals surface area contributed by atoms with Crippen molar-refractivity contribution in [1.29, 1.82) is 0 Å². The minimum absolute atomic E-state index is 0.230. The second-order valence-corrected chi connectivity index (χ2v) is 3.85. The minimum atomic E-state index is -0.297. The van der Waals surface area contributed by atoms with Gasteiger partial charge in [-0.25, -0.2) is 4.98 Å². The third kappa shape index (κ3) is 2.45. The van der Waals surface area contributed by atoms with Crippen LogP contribution >= 0.6 is 0 Å². The zero-order valence-electron chi connectivity index (χ0n) is 9.96. The van der Waals surface area contributed by atoms with E-state index in [9.17, 15) is 9.59 Å². The van der Waals surface area contributed by atoms with Crippen LogP contribution in [0.3, 0.4) is 0 Å². The highest BCUT2D eigenvalue weighted by Crippen LogP contribution is 2.02. The maximum absolute atomic E-state index is 11.9. The quantitative estimate of drug-likeness (QED) is 0.820. The predicted octanol–water partition coefficient (Wildman–Crippen LogP) is 1.16. The summed E-state index contributed by atoms with van der Waals surface area (Å²) in [6.07, 6.45) is 2.05. The number of hydrogen-bond acceptors (Lipinski definition) is 3. The molecule has 92 valence electrons. The Bertz CT molecular complexity index is 561. The Morgan fingerprint density at radius 2 is 2.11 bits per heavy atom. The predicted molar refractivity (Wildman–Crippen MR) is 66.2 cm³/mol. The van der Waals surface area contributed by atoms with Gasteiger partial charge in [-0.2, -0.15) is 0 Å². The molecule has 1 aromatic carbocycles. The first kappa shape index (κ1) is 12.0. The van der Waals surface area contributed by atoms with Gasteiger partial charge in [0.2, 0.25) is 0 Å². The van der Waals surface area contributed by atoms with Gasteiger partial charge in [0, 0.05) is 13.6 Å². The van der Waals surface area contributed by atoms with Crippen LogP contribution in [-0.2, 0) is 13.6 Å². The highest BCUT2D eigenvalue weighted by atomic mass is 16.2. The number of nitrogens with zero attached hydrogens (tertiary/aromatic N) is 2. The van der Waals surface area contributed by atoms with Crippen molar-refractivity contribution in [3.05, 3.63) is 53.6 Å². The first-order valence-corrected chi connectivity index (χ1v) is 5.51. The highest BCUT2D eigenvalue weighted by Gasteiger charge is 2.13. The molecule has 0 atom stereocenters. The number of rotatable bonds is 4. The van der Waals surface area contributed by atoms with E-state index in [2.05, 4.69) is 10.3 Å². The Morgan fingerprint density at radius 3 is 2.72 bits per heavy atom. The van der Waals surface area contributed by atoms with Crippen LogP contribution in [0.2, 0.25) is 0 Å². The summed E-state index contributed by atoms with van der Waals surface area (Å²) in [4.78, 5) is 26.4. The molecule has 1 N–H and O–H groups in total. The van der Waals surface area contributed by atoms with E-state index in [0.29, 0.717) is 18.5 Å². The second kappa shape index (κ2) is 5.27. The fourth-order valence-corrected chi connectivity index (χ4v) is 1.60. The Labute approximate surface area is 104 Å². The van der Waals surface area contributed by atoms with E-state index in [1.807, 2.05) is 30.3 Å². The molecule has 0 aliphatic heterocycles. The van der Waals surface area contributed by atoms with Crippen molar-refractivity contribution in [3.63, 3.8) is 0 Å². The zero-order valence-corrected chi connectivity index (χ0v) is 9.96. The largest absolute Gasteiger partial charge is 0.345 e. The molecule has 0 spiro atoms. The Hall–Kier alpha value is -2.43. The molecular weight excluding hydrogens is 230 g/mol. The molecule has 1 aromatic heterocycles. The van der Waals surface area contributed by atoms with Crippen molar-refractivity contribution in [3.8, 4) is 0 Å². The van der Waals surface area contributed by atoms with Gasteiger partial charge >= 0.3 is 0 Å². The van der Waals surface area contributed by atoms with E-state index in [-0.39, 0.29) is 11.7 Å². The average molecular weight is 243 g/mol. The number of nitrogens with one attached hydrogen (secondary N) is 1. The lowest BCUT2D eigenvalue weighted by atomic mass is 10.2. The highest BCUT2D eigenvalue weighted by molar-refractivity contribution is 5.91. The van der Waals surface area contributed by atoms with E-state index < -0.39 is 0 Å². The maximum Gasteiger partial charge on any atom is 0.287 e. The minimum Gasteiger partial charge on any atom is -0.345 e. The molecule has 5 nitrogen and oxygen atoms in total. The molecule has 0 aliphatic rings. The summed E-state index contributed by atoms with van der Waals surface area (Å²) in [5.41, 5.74) is 1.38. The van der Waals surface area contributed by atoms with Gasteiger partial charge in [0.15, 0.2) is 12.1 Å². The number of aldehydes is 1. The average Bonchev–Trinajstić information content (AvgIpc) is 2.78. The number of benzene rings is 1. The second-order valence-electron chi connectivity index (χ2n) is 3.85. The summed E-state index contributed by atoms with van der Waals surface area (Å²) >= 11 is 0. The van der Waals surface area contributed by atoms with Crippen molar-refractivity contribution < 1.29 is 9.59 Å². The van der Waals surface area contributed by atoms with Crippen LogP contribution in [0.5, 0.6) is 0 Å². The first-order valence-electron chi connectivity index (χ1n) is 5.51. The van der Waals surface area contributed by atoms with Crippen LogP contribution in [0.1, 0.15) is 26.7 Å². The third-order valence-electron chi connectivity index (χ3n) is 2.64. The maximum atomic E-state index is 11.9. The summed E-state index contributed by atoms with van der Waals surface area (Å²) in [6, 6.07) is 9.59. The molecule has 2 aromatic rings. The van der Waals surface area contributed by atoms with Gasteiger partial charge in [0.1, 0.15) is 5.69 Å². The van der Waals surface area contributed by atoms with Gasteiger partial charge in [-0.1, -0.05) is 30.3 Å². The molecule has 0 fully saturated rings. The van der Waals surface area contributed by atoms with Crippen LogP contribution in [0.25, 0.3) is 0 Å². The van der Waals surface area contributed by atoms with E-state index in [0.717, 1.165) is 5.56 Å². The van der Waals surface area contributed by atoms with Gasteiger partial charge in [-0.15, -0.1) is 0 Å². The Kier molecular flexibility index (Phi) is 3.52. The molecule has 1 amide bonds. The van der Waals surface area contributed by atoms with Gasteiger partial charge in [0.05, 0.1) is 6.20 Å². The van der Waals surface area contributed by atoms with E-state index >= 15 is 0 Å². The van der Waals surface area contributed by atoms with E-state index in [4.69, 9.17) is 0 Å². The van der Waals surface area contributed by atoms with Crippen LogP contribution in [0.4, 0.5) is 0 Å². The lowest BCUT2D eigenvalue weighted by Gasteiger charge is -2.05. The fraction of sp³-hybridized carbons (Fsp3) is 0.154.